The molecule has 1 fully saturated rings. The van der Waals surface area contributed by atoms with Crippen LogP contribution >= 0.6 is 12.2 Å². The van der Waals surface area contributed by atoms with Crippen LogP contribution in [0.3, 0.4) is 0 Å². The molecule has 7 heteroatoms. The molecule has 1 saturated heterocycles. The molecule has 0 amide bonds. The van der Waals surface area contributed by atoms with E-state index in [0.29, 0.717) is 11.7 Å². The first-order chi connectivity index (χ1) is 14.7. The Kier molecular flexibility index (Phi) is 4.80. The minimum absolute atomic E-state index is 0.158. The quantitative estimate of drug-likeness (QED) is 0.470. The Morgan fingerprint density at radius 3 is 2.63 bits per heavy atom. The van der Waals surface area contributed by atoms with Crippen molar-refractivity contribution in [2.75, 3.05) is 4.90 Å². The molecule has 2 atom stereocenters. The largest absolute Gasteiger partial charge is 0.467 e. The molecule has 4 heterocycles. The van der Waals surface area contributed by atoms with Crippen LogP contribution in [0.2, 0.25) is 0 Å². The summed E-state index contributed by atoms with van der Waals surface area (Å²) in [6, 6.07) is 19.8. The van der Waals surface area contributed by atoms with E-state index in [-0.39, 0.29) is 17.9 Å². The van der Waals surface area contributed by atoms with Crippen molar-refractivity contribution in [2.45, 2.75) is 18.6 Å². The van der Waals surface area contributed by atoms with Crippen LogP contribution in [0.4, 0.5) is 10.1 Å². The summed E-state index contributed by atoms with van der Waals surface area (Å²) < 4.78 is 21.3. The Morgan fingerprint density at radius 2 is 1.90 bits per heavy atom. The smallest absolute Gasteiger partial charge is 0.174 e. The van der Waals surface area contributed by atoms with Crippen LogP contribution in [0.5, 0.6) is 0 Å². The molecule has 0 bridgehead atoms. The Morgan fingerprint density at radius 1 is 1.03 bits per heavy atom. The molecule has 3 aromatic heterocycles. The highest BCUT2D eigenvalue weighted by Gasteiger charge is 2.42. The highest BCUT2D eigenvalue weighted by Crippen LogP contribution is 2.41. The topological polar surface area (TPSA) is 46.2 Å². The van der Waals surface area contributed by atoms with E-state index in [2.05, 4.69) is 20.9 Å². The van der Waals surface area contributed by atoms with Gasteiger partial charge in [0.2, 0.25) is 0 Å². The molecule has 1 aliphatic rings. The number of hydrogen-bond acceptors (Lipinski definition) is 3. The van der Waals surface area contributed by atoms with Crippen molar-refractivity contribution in [3.63, 3.8) is 0 Å². The monoisotopic (exact) mass is 418 g/mol. The van der Waals surface area contributed by atoms with E-state index in [1.807, 2.05) is 47.5 Å². The lowest BCUT2D eigenvalue weighted by atomic mass is 10.0. The third-order valence-electron chi connectivity index (χ3n) is 5.28. The standard InChI is InChI=1S/C23H19FN4OS/c24-16-8-10-17(11-9-16)28-22(21(26-23(28)30)19-6-1-2-12-25-19)20-7-3-13-27(20)15-18-5-4-14-29-18/h1-14,21-22H,15H2,(H,26,30). The lowest BCUT2D eigenvalue weighted by Crippen LogP contribution is -2.30. The molecule has 150 valence electrons. The molecular weight excluding hydrogens is 399 g/mol. The molecule has 0 aliphatic carbocycles. The minimum atomic E-state index is -0.282. The van der Waals surface area contributed by atoms with Gasteiger partial charge in [-0.05, 0) is 72.9 Å². The molecule has 4 aromatic rings. The van der Waals surface area contributed by atoms with Crippen LogP contribution in [-0.4, -0.2) is 14.7 Å². The van der Waals surface area contributed by atoms with E-state index in [0.717, 1.165) is 22.8 Å². The fraction of sp³-hybridized carbons (Fsp3) is 0.130. The number of rotatable bonds is 5. The molecule has 1 N–H and O–H groups in total. The number of benzene rings is 1. The van der Waals surface area contributed by atoms with E-state index in [4.69, 9.17) is 16.6 Å². The molecule has 1 aromatic carbocycles. The van der Waals surface area contributed by atoms with E-state index in [9.17, 15) is 4.39 Å². The number of hydrogen-bond donors (Lipinski definition) is 1. The Labute approximate surface area is 178 Å². The number of halogens is 1. The van der Waals surface area contributed by atoms with Crippen molar-refractivity contribution >= 4 is 23.0 Å². The van der Waals surface area contributed by atoms with Gasteiger partial charge in [-0.1, -0.05) is 6.07 Å². The molecule has 5 rings (SSSR count). The number of thiocarbonyl (C=S) groups is 1. The van der Waals surface area contributed by atoms with Gasteiger partial charge in [-0.2, -0.15) is 0 Å². The van der Waals surface area contributed by atoms with Crippen LogP contribution in [0, 0.1) is 5.82 Å². The molecule has 0 spiro atoms. The Bertz CT molecular complexity index is 1140. The molecule has 0 saturated carbocycles. The Balaban J connectivity index is 1.60. The number of furan rings is 1. The van der Waals surface area contributed by atoms with Crippen molar-refractivity contribution in [3.8, 4) is 0 Å². The van der Waals surface area contributed by atoms with Gasteiger partial charge in [-0.3, -0.25) is 4.98 Å². The average molecular weight is 418 g/mol. The van der Waals surface area contributed by atoms with E-state index in [1.54, 1.807) is 24.6 Å². The molecule has 1 aliphatic heterocycles. The second-order valence-electron chi connectivity index (χ2n) is 7.11. The third-order valence-corrected chi connectivity index (χ3v) is 5.59. The summed E-state index contributed by atoms with van der Waals surface area (Å²) in [6.45, 7) is 0.602. The average Bonchev–Trinajstić information content (AvgIpc) is 3.50. The number of nitrogens with one attached hydrogen (secondary N) is 1. The van der Waals surface area contributed by atoms with Gasteiger partial charge in [0.25, 0.3) is 0 Å². The van der Waals surface area contributed by atoms with Crippen molar-refractivity contribution < 1.29 is 8.81 Å². The third kappa shape index (κ3) is 3.37. The van der Waals surface area contributed by atoms with Crippen LogP contribution in [0.15, 0.2) is 89.8 Å². The highest BCUT2D eigenvalue weighted by molar-refractivity contribution is 7.80. The number of pyridine rings is 1. The minimum Gasteiger partial charge on any atom is -0.467 e. The lowest BCUT2D eigenvalue weighted by Gasteiger charge is -2.28. The van der Waals surface area contributed by atoms with Gasteiger partial charge in [0.1, 0.15) is 17.6 Å². The van der Waals surface area contributed by atoms with Crippen molar-refractivity contribution in [1.29, 1.82) is 0 Å². The summed E-state index contributed by atoms with van der Waals surface area (Å²) in [5, 5.41) is 4.00. The second kappa shape index (κ2) is 7.76. The van der Waals surface area contributed by atoms with Crippen molar-refractivity contribution in [3.05, 3.63) is 108 Å². The summed E-state index contributed by atoms with van der Waals surface area (Å²) in [5.41, 5.74) is 2.77. The Hall–Kier alpha value is -3.45. The number of anilines is 1. The van der Waals surface area contributed by atoms with Crippen LogP contribution < -0.4 is 10.2 Å². The maximum atomic E-state index is 13.6. The zero-order valence-corrected chi connectivity index (χ0v) is 16.8. The lowest BCUT2D eigenvalue weighted by molar-refractivity contribution is 0.475. The summed E-state index contributed by atoms with van der Waals surface area (Å²) in [6.07, 6.45) is 5.48. The second-order valence-corrected chi connectivity index (χ2v) is 7.50. The first kappa shape index (κ1) is 18.6. The summed E-state index contributed by atoms with van der Waals surface area (Å²) in [7, 11) is 0. The zero-order chi connectivity index (χ0) is 20.5. The molecular formula is C23H19FN4OS. The number of aromatic nitrogens is 2. The first-order valence-electron chi connectivity index (χ1n) is 9.64. The van der Waals surface area contributed by atoms with Gasteiger partial charge < -0.3 is 19.2 Å². The van der Waals surface area contributed by atoms with Gasteiger partial charge in [0.05, 0.1) is 24.5 Å². The molecule has 30 heavy (non-hydrogen) atoms. The summed E-state index contributed by atoms with van der Waals surface area (Å²) >= 11 is 5.71. The molecule has 2 unspecified atom stereocenters. The number of nitrogens with zero attached hydrogens (tertiary/aromatic N) is 3. The van der Waals surface area contributed by atoms with E-state index in [1.165, 1.54) is 12.1 Å². The predicted molar refractivity (Wildman–Crippen MR) is 117 cm³/mol. The SMILES string of the molecule is Fc1ccc(N2C(=S)NC(c3ccccn3)C2c2cccn2Cc2ccco2)cc1. The van der Waals surface area contributed by atoms with Crippen LogP contribution in [0.25, 0.3) is 0 Å². The predicted octanol–water partition coefficient (Wildman–Crippen LogP) is 4.84. The van der Waals surface area contributed by atoms with Gasteiger partial charge >= 0.3 is 0 Å². The van der Waals surface area contributed by atoms with Crippen LogP contribution in [0.1, 0.15) is 29.2 Å². The van der Waals surface area contributed by atoms with Gasteiger partial charge in [0.15, 0.2) is 5.11 Å². The van der Waals surface area contributed by atoms with E-state index >= 15 is 0 Å². The fourth-order valence-corrected chi connectivity index (χ4v) is 4.29. The maximum Gasteiger partial charge on any atom is 0.174 e. The highest BCUT2D eigenvalue weighted by atomic mass is 32.1. The van der Waals surface area contributed by atoms with E-state index < -0.39 is 0 Å². The molecule has 0 radical (unpaired) electrons. The van der Waals surface area contributed by atoms with Gasteiger partial charge in [-0.25, -0.2) is 4.39 Å². The maximum absolute atomic E-state index is 13.6. The normalized spacial score (nSPS) is 18.6. The van der Waals surface area contributed by atoms with Gasteiger partial charge in [0, 0.05) is 23.8 Å². The first-order valence-corrected chi connectivity index (χ1v) is 10.1. The fourth-order valence-electron chi connectivity index (χ4n) is 3.95. The molecule has 5 nitrogen and oxygen atoms in total. The van der Waals surface area contributed by atoms with Crippen LogP contribution in [-0.2, 0) is 6.54 Å². The summed E-state index contributed by atoms with van der Waals surface area (Å²) in [4.78, 5) is 6.60. The van der Waals surface area contributed by atoms with Gasteiger partial charge in [-0.15, -0.1) is 0 Å². The zero-order valence-electron chi connectivity index (χ0n) is 16.0. The summed E-state index contributed by atoms with van der Waals surface area (Å²) in [5.74, 6) is 0.583. The van der Waals surface area contributed by atoms with Crippen molar-refractivity contribution in [1.82, 2.24) is 14.9 Å². The van der Waals surface area contributed by atoms with Crippen molar-refractivity contribution in [2.24, 2.45) is 0 Å².